The minimum absolute atomic E-state index is 0.0696. The van der Waals surface area contributed by atoms with Gasteiger partial charge in [-0.2, -0.15) is 0 Å². The van der Waals surface area contributed by atoms with Crippen molar-refractivity contribution in [2.75, 3.05) is 20.2 Å². The number of halogens is 3. The number of fused-ring (bicyclic) bond motifs is 1. The number of carbonyl (C=O) groups is 1. The van der Waals surface area contributed by atoms with Crippen LogP contribution in [0.5, 0.6) is 0 Å². The van der Waals surface area contributed by atoms with E-state index in [2.05, 4.69) is 15.3 Å². The number of urea groups is 1. The van der Waals surface area contributed by atoms with E-state index >= 15 is 0 Å². The van der Waals surface area contributed by atoms with Crippen LogP contribution >= 0.6 is 0 Å². The van der Waals surface area contributed by atoms with Crippen molar-refractivity contribution in [3.8, 4) is 0 Å². The molecule has 32 heavy (non-hydrogen) atoms. The Morgan fingerprint density at radius 1 is 1.22 bits per heavy atom. The lowest BCUT2D eigenvalue weighted by Crippen LogP contribution is -2.61. The Labute approximate surface area is 182 Å². The lowest BCUT2D eigenvalue weighted by molar-refractivity contribution is 0.222. The average molecular weight is 445 g/mol. The highest BCUT2D eigenvalue weighted by atomic mass is 19.2. The van der Waals surface area contributed by atoms with E-state index in [1.165, 1.54) is 11.9 Å². The number of nitrogens with zero attached hydrogens (tertiary/aromatic N) is 4. The highest BCUT2D eigenvalue weighted by Gasteiger charge is 2.41. The van der Waals surface area contributed by atoms with Gasteiger partial charge in [-0.3, -0.25) is 15.1 Å². The maximum atomic E-state index is 13.9. The Morgan fingerprint density at radius 3 is 2.62 bits per heavy atom. The summed E-state index contributed by atoms with van der Waals surface area (Å²) in [5.74, 6) is -3.71. The molecule has 2 amide bonds. The van der Waals surface area contributed by atoms with Gasteiger partial charge in [0.1, 0.15) is 0 Å². The maximum absolute atomic E-state index is 13.9. The molecule has 1 fully saturated rings. The molecule has 2 aliphatic rings. The van der Waals surface area contributed by atoms with Crippen molar-refractivity contribution in [3.63, 3.8) is 0 Å². The molecule has 2 heterocycles. The van der Waals surface area contributed by atoms with Crippen molar-refractivity contribution in [2.45, 2.75) is 25.8 Å². The highest BCUT2D eigenvalue weighted by molar-refractivity contribution is 6.16. The number of nitrogens with one attached hydrogen (secondary N) is 1. The van der Waals surface area contributed by atoms with Crippen LogP contribution in [0, 0.1) is 24.4 Å². The first-order valence-corrected chi connectivity index (χ1v) is 10.1. The Morgan fingerprint density at radius 2 is 1.94 bits per heavy atom. The van der Waals surface area contributed by atoms with Crippen molar-refractivity contribution in [1.82, 2.24) is 15.1 Å². The molecule has 2 aliphatic heterocycles. The number of carbonyl (C=O) groups excluding carboxylic acids is 1. The first-order valence-electron chi connectivity index (χ1n) is 10.1. The van der Waals surface area contributed by atoms with Crippen molar-refractivity contribution in [3.05, 3.63) is 64.5 Å². The summed E-state index contributed by atoms with van der Waals surface area (Å²) in [5, 5.41) is 11.8. The van der Waals surface area contributed by atoms with Crippen LogP contribution < -0.4 is 5.32 Å². The van der Waals surface area contributed by atoms with Crippen LogP contribution in [-0.4, -0.2) is 53.1 Å². The van der Waals surface area contributed by atoms with Crippen LogP contribution in [0.3, 0.4) is 0 Å². The van der Waals surface area contributed by atoms with Gasteiger partial charge in [-0.1, -0.05) is 12.1 Å². The summed E-state index contributed by atoms with van der Waals surface area (Å²) in [4.78, 5) is 24.3. The van der Waals surface area contributed by atoms with E-state index in [1.807, 2.05) is 25.1 Å². The van der Waals surface area contributed by atoms with Crippen LogP contribution in [0.4, 0.5) is 23.7 Å². The lowest BCUT2D eigenvalue weighted by Gasteiger charge is -2.36. The summed E-state index contributed by atoms with van der Waals surface area (Å²) in [6.45, 7) is 2.04. The van der Waals surface area contributed by atoms with Crippen LogP contribution in [0.1, 0.15) is 29.2 Å². The van der Waals surface area contributed by atoms with E-state index in [-0.39, 0.29) is 30.6 Å². The Bertz CT molecular complexity index is 1110. The van der Waals surface area contributed by atoms with E-state index in [0.717, 1.165) is 23.3 Å². The topological polar surface area (TPSA) is 80.5 Å². The SMILES string of the molecule is Cc1ccc(CCCO)cc1N=C1NC(=O)N(C)C2=NCC(c3cc(F)c(F)c(F)c3)N12. The number of hydrogen-bond acceptors (Lipinski definition) is 4. The number of aliphatic imine (C=N–C) groups is 2. The maximum Gasteiger partial charge on any atom is 0.330 e. The number of aliphatic hydroxyl groups is 1. The molecule has 2 aromatic rings. The van der Waals surface area contributed by atoms with E-state index in [0.29, 0.717) is 18.5 Å². The van der Waals surface area contributed by atoms with Crippen molar-refractivity contribution >= 4 is 23.6 Å². The third-order valence-corrected chi connectivity index (χ3v) is 5.50. The van der Waals surface area contributed by atoms with Gasteiger partial charge >= 0.3 is 6.03 Å². The summed E-state index contributed by atoms with van der Waals surface area (Å²) in [5.41, 5.74) is 2.59. The summed E-state index contributed by atoms with van der Waals surface area (Å²) >= 11 is 0. The van der Waals surface area contributed by atoms with Crippen molar-refractivity contribution < 1.29 is 23.1 Å². The Kier molecular flexibility index (Phi) is 5.88. The summed E-state index contributed by atoms with van der Waals surface area (Å²) in [6.07, 6.45) is 1.27. The fraction of sp³-hybridized carbons (Fsp3) is 0.318. The van der Waals surface area contributed by atoms with Gasteiger partial charge in [-0.25, -0.2) is 28.0 Å². The molecule has 0 saturated carbocycles. The van der Waals surface area contributed by atoms with Crippen molar-refractivity contribution in [2.24, 2.45) is 9.98 Å². The molecule has 10 heteroatoms. The van der Waals surface area contributed by atoms with Crippen LogP contribution in [0.2, 0.25) is 0 Å². The average Bonchev–Trinajstić information content (AvgIpc) is 3.21. The molecular weight excluding hydrogens is 423 g/mol. The van der Waals surface area contributed by atoms with Gasteiger partial charge in [0.25, 0.3) is 0 Å². The molecular formula is C22H22F3N5O2. The number of guanidine groups is 2. The van der Waals surface area contributed by atoms with E-state index in [1.54, 1.807) is 4.90 Å². The van der Waals surface area contributed by atoms with Crippen LogP contribution in [-0.2, 0) is 6.42 Å². The third kappa shape index (κ3) is 3.93. The predicted molar refractivity (Wildman–Crippen MR) is 113 cm³/mol. The number of amides is 2. The molecule has 0 bridgehead atoms. The van der Waals surface area contributed by atoms with Gasteiger partial charge in [0, 0.05) is 13.7 Å². The molecule has 7 nitrogen and oxygen atoms in total. The first kappa shape index (κ1) is 21.8. The van der Waals surface area contributed by atoms with Crippen LogP contribution in [0.15, 0.2) is 40.3 Å². The monoisotopic (exact) mass is 445 g/mol. The predicted octanol–water partition coefficient (Wildman–Crippen LogP) is 3.39. The van der Waals surface area contributed by atoms with Crippen molar-refractivity contribution in [1.29, 1.82) is 0 Å². The summed E-state index contributed by atoms with van der Waals surface area (Å²) in [6, 6.07) is 6.41. The van der Waals surface area contributed by atoms with Crippen LogP contribution in [0.25, 0.3) is 0 Å². The normalized spacial score (nSPS) is 19.3. The van der Waals surface area contributed by atoms with E-state index in [9.17, 15) is 18.0 Å². The largest absolute Gasteiger partial charge is 0.396 e. The fourth-order valence-electron chi connectivity index (χ4n) is 3.74. The molecule has 4 rings (SSSR count). The van der Waals surface area contributed by atoms with Gasteiger partial charge in [-0.15, -0.1) is 0 Å². The molecule has 2 N–H and O–H groups in total. The second-order valence-electron chi connectivity index (χ2n) is 7.70. The number of aliphatic hydroxyl groups excluding tert-OH is 1. The molecule has 168 valence electrons. The second-order valence-corrected chi connectivity index (χ2v) is 7.70. The number of benzene rings is 2. The van der Waals surface area contributed by atoms with Gasteiger partial charge < -0.3 is 5.11 Å². The summed E-state index contributed by atoms with van der Waals surface area (Å²) in [7, 11) is 1.52. The highest BCUT2D eigenvalue weighted by Crippen LogP contribution is 2.32. The third-order valence-electron chi connectivity index (χ3n) is 5.50. The number of aryl methyl sites for hydroxylation is 2. The van der Waals surface area contributed by atoms with Gasteiger partial charge in [0.05, 0.1) is 18.3 Å². The molecule has 1 unspecified atom stereocenters. The molecule has 1 saturated heterocycles. The zero-order valence-corrected chi connectivity index (χ0v) is 17.6. The molecule has 0 aliphatic carbocycles. The molecule has 1 atom stereocenters. The minimum Gasteiger partial charge on any atom is -0.396 e. The Hall–Kier alpha value is -3.40. The fourth-order valence-corrected chi connectivity index (χ4v) is 3.74. The number of hydrogen-bond donors (Lipinski definition) is 2. The number of rotatable bonds is 5. The zero-order valence-electron chi connectivity index (χ0n) is 17.6. The quantitative estimate of drug-likeness (QED) is 0.693. The molecule has 0 spiro atoms. The van der Waals surface area contributed by atoms with Gasteiger partial charge in [-0.05, 0) is 54.7 Å². The first-order chi connectivity index (χ1) is 15.3. The zero-order chi connectivity index (χ0) is 23.0. The second kappa shape index (κ2) is 8.62. The molecule has 0 radical (unpaired) electrons. The van der Waals surface area contributed by atoms with E-state index in [4.69, 9.17) is 5.11 Å². The Balaban J connectivity index is 1.76. The van der Waals surface area contributed by atoms with E-state index < -0.39 is 29.5 Å². The van der Waals surface area contributed by atoms with Gasteiger partial charge in [0.15, 0.2) is 17.5 Å². The molecule has 2 aromatic carbocycles. The summed E-state index contributed by atoms with van der Waals surface area (Å²) < 4.78 is 41.3. The minimum atomic E-state index is -1.54. The lowest BCUT2D eigenvalue weighted by atomic mass is 10.1. The standard InChI is InChI=1S/C22H22F3N5O2/c1-12-5-6-13(4-3-7-31)8-17(12)27-20-28-22(32)29(2)21-26-11-18(30(20)21)14-9-15(23)19(25)16(24)10-14/h5-6,8-10,18,31H,3-4,7,11H2,1-2H3,(H,27,28,32). The van der Waals surface area contributed by atoms with Gasteiger partial charge in [0.2, 0.25) is 11.9 Å². The molecule has 0 aromatic heterocycles. The smallest absolute Gasteiger partial charge is 0.330 e.